The number of urea groups is 1. The number of hydrogen-bond acceptors (Lipinski definition) is 4. The number of anilines is 1. The quantitative estimate of drug-likeness (QED) is 0.537. The van der Waals surface area contributed by atoms with Crippen LogP contribution >= 0.6 is 0 Å². The molecule has 5 rings (SSSR count). The van der Waals surface area contributed by atoms with Gasteiger partial charge in [-0.1, -0.05) is 19.1 Å². The molecular formula is C26H31FN4O3. The highest BCUT2D eigenvalue weighted by atomic mass is 19.1. The number of aromatic nitrogens is 1. The number of H-pyrrole nitrogens is 1. The third kappa shape index (κ3) is 3.71. The first-order valence-corrected chi connectivity index (χ1v) is 11.8. The SMILES string of the molecule is CCN1CC2(CCN(C(=O)Nc3ccccc3F)CC2)c2c([nH]c3cc(OC)ccc23)[C@@H]1CO. The summed E-state index contributed by atoms with van der Waals surface area (Å²) in [5.41, 5.74) is 3.37. The summed E-state index contributed by atoms with van der Waals surface area (Å²) in [6.07, 6.45) is 1.58. The molecule has 2 aromatic carbocycles. The van der Waals surface area contributed by atoms with Crippen molar-refractivity contribution < 1.29 is 19.0 Å². The number of ether oxygens (including phenoxy) is 1. The van der Waals surface area contributed by atoms with Gasteiger partial charge in [-0.05, 0) is 49.2 Å². The van der Waals surface area contributed by atoms with Crippen LogP contribution in [0.3, 0.4) is 0 Å². The van der Waals surface area contributed by atoms with Crippen LogP contribution in [0.1, 0.15) is 37.1 Å². The molecule has 7 nitrogen and oxygen atoms in total. The minimum absolute atomic E-state index is 0.0397. The fraction of sp³-hybridized carbons (Fsp3) is 0.423. The zero-order valence-corrected chi connectivity index (χ0v) is 19.6. The highest BCUT2D eigenvalue weighted by Crippen LogP contribution is 2.49. The van der Waals surface area contributed by atoms with Crippen molar-refractivity contribution in [3.05, 3.63) is 59.5 Å². The van der Waals surface area contributed by atoms with Gasteiger partial charge >= 0.3 is 6.03 Å². The second kappa shape index (κ2) is 8.92. The minimum atomic E-state index is -0.441. The standard InChI is InChI=1S/C26H31FN4O3/c1-3-30-16-26(10-12-31(13-11-26)25(33)29-20-7-5-4-6-19(20)27)23-18-9-8-17(34-2)14-21(18)28-24(23)22(30)15-32/h4-9,14,22,28,32H,3,10-13,15-16H2,1-2H3,(H,29,33)/t22-/m0/s1. The predicted molar refractivity (Wildman–Crippen MR) is 130 cm³/mol. The van der Waals surface area contributed by atoms with Gasteiger partial charge in [0.15, 0.2) is 0 Å². The number of piperidine rings is 1. The van der Waals surface area contributed by atoms with Crippen molar-refractivity contribution in [3.63, 3.8) is 0 Å². The summed E-state index contributed by atoms with van der Waals surface area (Å²) in [5.74, 6) is 0.344. The summed E-state index contributed by atoms with van der Waals surface area (Å²) in [5, 5.41) is 14.1. The lowest BCUT2D eigenvalue weighted by atomic mass is 9.68. The molecule has 1 spiro atoms. The van der Waals surface area contributed by atoms with Crippen molar-refractivity contribution in [3.8, 4) is 5.75 Å². The molecule has 0 radical (unpaired) electrons. The smallest absolute Gasteiger partial charge is 0.321 e. The van der Waals surface area contributed by atoms with Crippen molar-refractivity contribution >= 4 is 22.6 Å². The van der Waals surface area contributed by atoms with Crippen LogP contribution in [0.4, 0.5) is 14.9 Å². The number of fused-ring (bicyclic) bond motifs is 4. The number of methoxy groups -OCH3 is 1. The molecule has 0 unspecified atom stereocenters. The normalized spacial score (nSPS) is 19.9. The van der Waals surface area contributed by atoms with E-state index in [1.54, 1.807) is 30.2 Å². The molecule has 8 heteroatoms. The number of aromatic amines is 1. The maximum atomic E-state index is 14.0. The molecule has 0 aliphatic carbocycles. The van der Waals surface area contributed by atoms with Gasteiger partial charge in [-0.25, -0.2) is 9.18 Å². The largest absolute Gasteiger partial charge is 0.497 e. The monoisotopic (exact) mass is 466 g/mol. The van der Waals surface area contributed by atoms with Crippen LogP contribution < -0.4 is 10.1 Å². The van der Waals surface area contributed by atoms with E-state index in [9.17, 15) is 14.3 Å². The third-order valence-electron chi connectivity index (χ3n) is 7.55. The van der Waals surface area contributed by atoms with Gasteiger partial charge in [0.2, 0.25) is 0 Å². The number of rotatable bonds is 4. The van der Waals surface area contributed by atoms with E-state index in [2.05, 4.69) is 28.2 Å². The molecule has 34 heavy (non-hydrogen) atoms. The summed E-state index contributed by atoms with van der Waals surface area (Å²) < 4.78 is 19.4. The number of benzene rings is 2. The molecule has 3 heterocycles. The Labute approximate surface area is 198 Å². The van der Waals surface area contributed by atoms with Crippen molar-refractivity contribution in [1.29, 1.82) is 0 Å². The van der Waals surface area contributed by atoms with E-state index >= 15 is 0 Å². The molecule has 0 saturated carbocycles. The minimum Gasteiger partial charge on any atom is -0.497 e. The lowest BCUT2D eigenvalue weighted by molar-refractivity contribution is 0.0588. The van der Waals surface area contributed by atoms with Gasteiger partial charge < -0.3 is 25.0 Å². The lowest BCUT2D eigenvalue weighted by Crippen LogP contribution is -2.55. The summed E-state index contributed by atoms with van der Waals surface area (Å²) in [6.45, 7) is 4.95. The topological polar surface area (TPSA) is 80.8 Å². The molecule has 2 aliphatic heterocycles. The van der Waals surface area contributed by atoms with E-state index in [1.165, 1.54) is 11.6 Å². The van der Waals surface area contributed by atoms with Crippen LogP contribution in [0.2, 0.25) is 0 Å². The van der Waals surface area contributed by atoms with Crippen molar-refractivity contribution in [2.75, 3.05) is 45.2 Å². The Kier molecular flexibility index (Phi) is 5.95. The van der Waals surface area contributed by atoms with Gasteiger partial charge in [-0.15, -0.1) is 0 Å². The summed E-state index contributed by atoms with van der Waals surface area (Å²) in [7, 11) is 1.66. The number of para-hydroxylation sites is 1. The molecule has 2 amide bonds. The fourth-order valence-corrected chi connectivity index (χ4v) is 5.75. The average molecular weight is 467 g/mol. The van der Waals surface area contributed by atoms with Gasteiger partial charge in [0, 0.05) is 47.7 Å². The first-order chi connectivity index (χ1) is 16.5. The molecule has 3 aromatic rings. The van der Waals surface area contributed by atoms with E-state index < -0.39 is 5.82 Å². The van der Waals surface area contributed by atoms with E-state index in [0.717, 1.165) is 48.3 Å². The van der Waals surface area contributed by atoms with Crippen LogP contribution in [0.15, 0.2) is 42.5 Å². The van der Waals surface area contributed by atoms with E-state index in [0.29, 0.717) is 13.1 Å². The molecule has 1 fully saturated rings. The fourth-order valence-electron chi connectivity index (χ4n) is 5.75. The van der Waals surface area contributed by atoms with E-state index in [1.807, 2.05) is 12.1 Å². The summed E-state index contributed by atoms with van der Waals surface area (Å²) in [4.78, 5) is 20.5. The number of aliphatic hydroxyl groups is 1. The second-order valence-electron chi connectivity index (χ2n) is 9.26. The molecule has 180 valence electrons. The third-order valence-corrected chi connectivity index (χ3v) is 7.55. The number of carbonyl (C=O) groups excluding carboxylic acids is 1. The molecule has 1 atom stereocenters. The number of aliphatic hydroxyl groups excluding tert-OH is 1. The predicted octanol–water partition coefficient (Wildman–Crippen LogP) is 4.25. The number of hydrogen-bond donors (Lipinski definition) is 3. The van der Waals surface area contributed by atoms with Crippen LogP contribution in [-0.4, -0.2) is 65.8 Å². The lowest BCUT2D eigenvalue weighted by Gasteiger charge is -2.50. The zero-order chi connectivity index (χ0) is 23.9. The molecule has 2 aliphatic rings. The Morgan fingerprint density at radius 3 is 2.71 bits per heavy atom. The number of likely N-dealkylation sites (tertiary alicyclic amines) is 1. The molecular weight excluding hydrogens is 435 g/mol. The van der Waals surface area contributed by atoms with Crippen molar-refractivity contribution in [1.82, 2.24) is 14.8 Å². The first-order valence-electron chi connectivity index (χ1n) is 11.8. The number of nitrogens with one attached hydrogen (secondary N) is 2. The Bertz CT molecular complexity index is 1200. The zero-order valence-electron chi connectivity index (χ0n) is 19.6. The van der Waals surface area contributed by atoms with Gasteiger partial charge in [0.05, 0.1) is 25.4 Å². The molecule has 3 N–H and O–H groups in total. The highest BCUT2D eigenvalue weighted by Gasteiger charge is 2.47. The Hall–Kier alpha value is -3.10. The molecule has 1 saturated heterocycles. The first kappa shape index (κ1) is 22.7. The van der Waals surface area contributed by atoms with E-state index in [-0.39, 0.29) is 29.8 Å². The molecule has 0 bridgehead atoms. The van der Waals surface area contributed by atoms with Gasteiger partial charge in [-0.2, -0.15) is 0 Å². The molecule has 1 aromatic heterocycles. The number of halogens is 1. The maximum Gasteiger partial charge on any atom is 0.321 e. The van der Waals surface area contributed by atoms with Crippen LogP contribution in [0.5, 0.6) is 5.75 Å². The summed E-state index contributed by atoms with van der Waals surface area (Å²) >= 11 is 0. The Morgan fingerprint density at radius 1 is 1.26 bits per heavy atom. The highest BCUT2D eigenvalue weighted by molar-refractivity contribution is 5.90. The van der Waals surface area contributed by atoms with Gasteiger partial charge in [0.25, 0.3) is 0 Å². The van der Waals surface area contributed by atoms with Crippen molar-refractivity contribution in [2.45, 2.75) is 31.2 Å². The number of nitrogens with zero attached hydrogens (tertiary/aromatic N) is 2. The van der Waals surface area contributed by atoms with E-state index in [4.69, 9.17) is 4.74 Å². The Morgan fingerprint density at radius 2 is 2.03 bits per heavy atom. The van der Waals surface area contributed by atoms with Crippen LogP contribution in [0, 0.1) is 5.82 Å². The van der Waals surface area contributed by atoms with Crippen molar-refractivity contribution in [2.24, 2.45) is 0 Å². The number of amides is 2. The summed E-state index contributed by atoms with van der Waals surface area (Å²) in [6, 6.07) is 11.9. The van der Waals surface area contributed by atoms with Gasteiger partial charge in [-0.3, -0.25) is 4.90 Å². The number of carbonyl (C=O) groups is 1. The maximum absolute atomic E-state index is 14.0. The average Bonchev–Trinajstić information content (AvgIpc) is 3.25. The number of likely N-dealkylation sites (N-methyl/N-ethyl adjacent to an activating group) is 1. The van der Waals surface area contributed by atoms with Crippen LogP contribution in [0.25, 0.3) is 10.9 Å². The van der Waals surface area contributed by atoms with Gasteiger partial charge in [0.1, 0.15) is 11.6 Å². The van der Waals surface area contributed by atoms with Crippen LogP contribution in [-0.2, 0) is 5.41 Å². The second-order valence-corrected chi connectivity index (χ2v) is 9.26. The Balaban J connectivity index is 1.46.